The number of carbonyl (C=O) groups excluding carboxylic acids is 1. The Hall–Kier alpha value is -1.59. The first-order chi connectivity index (χ1) is 10.7. The van der Waals surface area contributed by atoms with Crippen LogP contribution in [0.1, 0.15) is 31.7 Å². The van der Waals surface area contributed by atoms with E-state index >= 15 is 0 Å². The third kappa shape index (κ3) is 6.03. The Bertz CT molecular complexity index is 442. The lowest BCUT2D eigenvalue weighted by molar-refractivity contribution is -0.0410. The molecule has 1 aromatic carbocycles. The highest BCUT2D eigenvalue weighted by atomic mass is 16.8. The van der Waals surface area contributed by atoms with Crippen molar-refractivity contribution in [1.82, 2.24) is 0 Å². The van der Waals surface area contributed by atoms with E-state index in [1.807, 2.05) is 6.07 Å². The molecule has 0 radical (unpaired) electrons. The van der Waals surface area contributed by atoms with E-state index in [2.05, 4.69) is 24.3 Å². The Balaban J connectivity index is 1.48. The molecule has 1 unspecified atom stereocenters. The van der Waals surface area contributed by atoms with E-state index in [-0.39, 0.29) is 0 Å². The first-order valence-corrected chi connectivity index (χ1v) is 7.85. The molecule has 0 spiro atoms. The molecule has 2 rings (SSSR count). The van der Waals surface area contributed by atoms with Gasteiger partial charge in [-0.05, 0) is 31.7 Å². The van der Waals surface area contributed by atoms with Crippen molar-refractivity contribution in [2.24, 2.45) is 0 Å². The largest absolute Gasteiger partial charge is 0.510 e. The minimum Gasteiger partial charge on any atom is -0.435 e. The SMILES string of the molecule is CCOC(=O)OC1(CCCOCCCc2ccccc2)CO1. The van der Waals surface area contributed by atoms with Gasteiger partial charge in [-0.1, -0.05) is 30.3 Å². The van der Waals surface area contributed by atoms with Gasteiger partial charge in [-0.3, -0.25) is 0 Å². The monoisotopic (exact) mass is 308 g/mol. The molecule has 0 N–H and O–H groups in total. The molecule has 122 valence electrons. The first-order valence-electron chi connectivity index (χ1n) is 7.85. The maximum absolute atomic E-state index is 11.3. The van der Waals surface area contributed by atoms with Gasteiger partial charge >= 0.3 is 6.16 Å². The van der Waals surface area contributed by atoms with Crippen LogP contribution in [0.15, 0.2) is 30.3 Å². The van der Waals surface area contributed by atoms with Gasteiger partial charge in [-0.25, -0.2) is 4.79 Å². The minimum absolute atomic E-state index is 0.305. The second-order valence-electron chi connectivity index (χ2n) is 5.29. The zero-order chi connectivity index (χ0) is 15.7. The quantitative estimate of drug-likeness (QED) is 0.377. The van der Waals surface area contributed by atoms with E-state index in [1.54, 1.807) is 6.92 Å². The molecule has 1 saturated heterocycles. The zero-order valence-corrected chi connectivity index (χ0v) is 13.1. The van der Waals surface area contributed by atoms with Gasteiger partial charge in [0.1, 0.15) is 6.61 Å². The number of epoxide rings is 1. The molecule has 5 heteroatoms. The van der Waals surface area contributed by atoms with Crippen LogP contribution >= 0.6 is 0 Å². The van der Waals surface area contributed by atoms with E-state index in [1.165, 1.54) is 5.56 Å². The molecule has 1 fully saturated rings. The third-order valence-electron chi connectivity index (χ3n) is 3.44. The standard InChI is InChI=1S/C17H24O5/c1-2-20-16(18)22-17(14-21-17)11-7-13-19-12-6-10-15-8-4-3-5-9-15/h3-5,8-9H,2,6-7,10-14H2,1H3. The molecule has 1 aliphatic heterocycles. The minimum atomic E-state index is -0.764. The van der Waals surface area contributed by atoms with Crippen LogP contribution in [0, 0.1) is 0 Å². The molecular formula is C17H24O5. The summed E-state index contributed by atoms with van der Waals surface area (Å²) >= 11 is 0. The lowest BCUT2D eigenvalue weighted by Crippen LogP contribution is -2.22. The number of hydrogen-bond donors (Lipinski definition) is 0. The van der Waals surface area contributed by atoms with E-state index in [4.69, 9.17) is 18.9 Å². The van der Waals surface area contributed by atoms with Crippen LogP contribution in [-0.4, -0.2) is 38.4 Å². The maximum atomic E-state index is 11.3. The topological polar surface area (TPSA) is 57.3 Å². The van der Waals surface area contributed by atoms with Crippen LogP contribution in [0.2, 0.25) is 0 Å². The summed E-state index contributed by atoms with van der Waals surface area (Å²) in [5.74, 6) is -0.764. The average Bonchev–Trinajstić information content (AvgIpc) is 3.27. The summed E-state index contributed by atoms with van der Waals surface area (Å²) in [6.45, 7) is 3.87. The molecular weight excluding hydrogens is 284 g/mol. The van der Waals surface area contributed by atoms with E-state index in [9.17, 15) is 4.79 Å². The van der Waals surface area contributed by atoms with Gasteiger partial charge in [-0.2, -0.15) is 0 Å². The lowest BCUT2D eigenvalue weighted by atomic mass is 10.1. The summed E-state index contributed by atoms with van der Waals surface area (Å²) in [4.78, 5) is 11.3. The Kier molecular flexibility index (Phi) is 6.68. The number of benzene rings is 1. The maximum Gasteiger partial charge on any atom is 0.510 e. The summed E-state index contributed by atoms with van der Waals surface area (Å²) in [5, 5.41) is 0. The van der Waals surface area contributed by atoms with Gasteiger partial charge < -0.3 is 18.9 Å². The van der Waals surface area contributed by atoms with Crippen molar-refractivity contribution in [3.63, 3.8) is 0 Å². The number of hydrogen-bond acceptors (Lipinski definition) is 5. The lowest BCUT2D eigenvalue weighted by Gasteiger charge is -2.12. The van der Waals surface area contributed by atoms with Gasteiger partial charge in [0.2, 0.25) is 5.79 Å². The Morgan fingerprint density at radius 2 is 1.95 bits per heavy atom. The van der Waals surface area contributed by atoms with Crippen molar-refractivity contribution in [1.29, 1.82) is 0 Å². The Labute approximate surface area is 131 Å². The summed E-state index contributed by atoms with van der Waals surface area (Å²) < 4.78 is 20.7. The molecule has 1 aliphatic rings. The van der Waals surface area contributed by atoms with Crippen LogP contribution in [0.5, 0.6) is 0 Å². The molecule has 1 aromatic rings. The predicted octanol–water partition coefficient (Wildman–Crippen LogP) is 3.32. The van der Waals surface area contributed by atoms with Crippen LogP contribution < -0.4 is 0 Å². The summed E-state index contributed by atoms with van der Waals surface area (Å²) in [5.41, 5.74) is 1.33. The van der Waals surface area contributed by atoms with Crippen LogP contribution in [0.25, 0.3) is 0 Å². The van der Waals surface area contributed by atoms with Crippen LogP contribution in [-0.2, 0) is 25.4 Å². The van der Waals surface area contributed by atoms with Gasteiger partial charge in [0.05, 0.1) is 6.61 Å². The highest BCUT2D eigenvalue weighted by molar-refractivity contribution is 5.60. The highest BCUT2D eigenvalue weighted by Crippen LogP contribution is 2.34. The molecule has 0 aliphatic carbocycles. The molecule has 5 nitrogen and oxygen atoms in total. The summed E-state index contributed by atoms with van der Waals surface area (Å²) in [6, 6.07) is 10.4. The summed E-state index contributed by atoms with van der Waals surface area (Å²) in [6.07, 6.45) is 2.81. The van der Waals surface area contributed by atoms with Crippen molar-refractivity contribution < 1.29 is 23.7 Å². The van der Waals surface area contributed by atoms with Gasteiger partial charge in [0.15, 0.2) is 0 Å². The second kappa shape index (κ2) is 8.76. The van der Waals surface area contributed by atoms with Crippen LogP contribution in [0.4, 0.5) is 4.79 Å². The fourth-order valence-corrected chi connectivity index (χ4v) is 2.20. The molecule has 0 aromatic heterocycles. The van der Waals surface area contributed by atoms with Crippen molar-refractivity contribution >= 4 is 6.16 Å². The summed E-state index contributed by atoms with van der Waals surface area (Å²) in [7, 11) is 0. The molecule has 22 heavy (non-hydrogen) atoms. The second-order valence-corrected chi connectivity index (χ2v) is 5.29. The van der Waals surface area contributed by atoms with E-state index < -0.39 is 11.9 Å². The van der Waals surface area contributed by atoms with Gasteiger partial charge in [0, 0.05) is 19.6 Å². The number of rotatable bonds is 10. The highest BCUT2D eigenvalue weighted by Gasteiger charge is 2.49. The van der Waals surface area contributed by atoms with Gasteiger partial charge in [-0.15, -0.1) is 0 Å². The Morgan fingerprint density at radius 1 is 1.23 bits per heavy atom. The van der Waals surface area contributed by atoms with E-state index in [0.29, 0.717) is 26.2 Å². The molecule has 0 saturated carbocycles. The fraction of sp³-hybridized carbons (Fsp3) is 0.588. The van der Waals surface area contributed by atoms with E-state index in [0.717, 1.165) is 25.9 Å². The number of carbonyl (C=O) groups is 1. The smallest absolute Gasteiger partial charge is 0.435 e. The molecule has 0 bridgehead atoms. The van der Waals surface area contributed by atoms with Crippen molar-refractivity contribution in [2.45, 2.75) is 38.4 Å². The van der Waals surface area contributed by atoms with Crippen LogP contribution in [0.3, 0.4) is 0 Å². The zero-order valence-electron chi connectivity index (χ0n) is 13.1. The average molecular weight is 308 g/mol. The molecule has 1 atom stereocenters. The Morgan fingerprint density at radius 3 is 2.64 bits per heavy atom. The van der Waals surface area contributed by atoms with Gasteiger partial charge in [0.25, 0.3) is 0 Å². The predicted molar refractivity (Wildman–Crippen MR) is 81.6 cm³/mol. The third-order valence-corrected chi connectivity index (χ3v) is 3.44. The molecule has 1 heterocycles. The number of aryl methyl sites for hydroxylation is 1. The van der Waals surface area contributed by atoms with Crippen molar-refractivity contribution in [2.75, 3.05) is 26.4 Å². The molecule has 0 amide bonds. The fourth-order valence-electron chi connectivity index (χ4n) is 2.20. The normalized spacial score (nSPS) is 19.7. The van der Waals surface area contributed by atoms with Crippen molar-refractivity contribution in [3.8, 4) is 0 Å². The van der Waals surface area contributed by atoms with Crippen molar-refractivity contribution in [3.05, 3.63) is 35.9 Å². The number of ether oxygens (including phenoxy) is 4. The first kappa shape index (κ1) is 16.8.